The van der Waals surface area contributed by atoms with Crippen molar-refractivity contribution in [3.63, 3.8) is 0 Å². The molecule has 2 aromatic carbocycles. The molecule has 1 saturated heterocycles. The van der Waals surface area contributed by atoms with Crippen LogP contribution in [0.3, 0.4) is 0 Å². The van der Waals surface area contributed by atoms with Gasteiger partial charge in [-0.1, -0.05) is 56.0 Å². The zero-order valence-corrected chi connectivity index (χ0v) is 20.3. The number of amides is 5. The number of benzene rings is 2. The molecule has 9 heteroatoms. The maximum atomic E-state index is 12.9. The maximum Gasteiger partial charge on any atom is 0.325 e. The lowest BCUT2D eigenvalue weighted by Gasteiger charge is -2.22. The number of aryl methyl sites for hydroxylation is 1. The van der Waals surface area contributed by atoms with Crippen molar-refractivity contribution >= 4 is 23.8 Å². The Labute approximate surface area is 205 Å². The summed E-state index contributed by atoms with van der Waals surface area (Å²) in [4.78, 5) is 50.9. The van der Waals surface area contributed by atoms with Gasteiger partial charge in [-0.3, -0.25) is 30.1 Å². The highest BCUT2D eigenvalue weighted by Crippen LogP contribution is 2.28. The maximum absolute atomic E-state index is 12.9. The monoisotopic (exact) mass is 480 g/mol. The van der Waals surface area contributed by atoms with E-state index in [4.69, 9.17) is 4.74 Å². The summed E-state index contributed by atoms with van der Waals surface area (Å²) in [6.07, 6.45) is 4.43. The van der Waals surface area contributed by atoms with Gasteiger partial charge in [0.1, 0.15) is 17.8 Å². The highest BCUT2D eigenvalue weighted by Gasteiger charge is 2.49. The zero-order chi connectivity index (χ0) is 25.4. The van der Waals surface area contributed by atoms with Crippen molar-refractivity contribution in [2.45, 2.75) is 52.0 Å². The van der Waals surface area contributed by atoms with Crippen molar-refractivity contribution in [1.29, 1.82) is 0 Å². The van der Waals surface area contributed by atoms with Crippen molar-refractivity contribution in [3.8, 4) is 5.75 Å². The molecular weight excluding hydrogens is 448 g/mol. The number of hydrogen-bond acceptors (Lipinski definition) is 5. The van der Waals surface area contributed by atoms with Gasteiger partial charge in [-0.2, -0.15) is 0 Å². The van der Waals surface area contributed by atoms with Gasteiger partial charge in [0, 0.05) is 5.56 Å². The minimum atomic E-state index is -1.27. The number of hydrogen-bond donors (Lipinski definition) is 3. The second kappa shape index (κ2) is 11.5. The molecule has 1 unspecified atom stereocenters. The third-order valence-corrected chi connectivity index (χ3v) is 5.90. The van der Waals surface area contributed by atoms with Crippen molar-refractivity contribution in [2.24, 2.45) is 0 Å². The van der Waals surface area contributed by atoms with Crippen LogP contribution in [-0.2, 0) is 15.1 Å². The number of urea groups is 1. The summed E-state index contributed by atoms with van der Waals surface area (Å²) in [5.74, 6) is -1.12. The molecule has 1 aliphatic rings. The van der Waals surface area contributed by atoms with Crippen LogP contribution < -0.4 is 20.9 Å². The van der Waals surface area contributed by atoms with E-state index in [-0.39, 0.29) is 0 Å². The molecule has 1 atom stereocenters. The molecule has 5 amide bonds. The molecule has 1 heterocycles. The second-order valence-corrected chi connectivity index (χ2v) is 8.75. The Balaban J connectivity index is 1.49. The largest absolute Gasteiger partial charge is 0.494 e. The Hall–Kier alpha value is -3.88. The molecule has 35 heavy (non-hydrogen) atoms. The number of ether oxygens (including phenoxy) is 1. The van der Waals surface area contributed by atoms with Crippen molar-refractivity contribution < 1.29 is 23.9 Å². The lowest BCUT2D eigenvalue weighted by atomic mass is 9.91. The highest BCUT2D eigenvalue weighted by molar-refractivity contribution is 6.09. The molecule has 186 valence electrons. The van der Waals surface area contributed by atoms with Gasteiger partial charge in [-0.15, -0.1) is 0 Å². The first kappa shape index (κ1) is 25.7. The summed E-state index contributed by atoms with van der Waals surface area (Å²) in [5.41, 5.74) is 5.24. The fourth-order valence-corrected chi connectivity index (χ4v) is 3.73. The Bertz CT molecular complexity index is 1070. The summed E-state index contributed by atoms with van der Waals surface area (Å²) in [6, 6.07) is 13.1. The van der Waals surface area contributed by atoms with Gasteiger partial charge >= 0.3 is 6.03 Å². The summed E-state index contributed by atoms with van der Waals surface area (Å²) in [6.45, 7) is 5.75. The van der Waals surface area contributed by atoms with Gasteiger partial charge in [-0.05, 0) is 50.1 Å². The normalized spacial score (nSPS) is 17.2. The first-order valence-electron chi connectivity index (χ1n) is 11.8. The molecule has 0 aliphatic carbocycles. The van der Waals surface area contributed by atoms with Crippen LogP contribution >= 0.6 is 0 Å². The van der Waals surface area contributed by atoms with E-state index in [0.29, 0.717) is 23.5 Å². The van der Waals surface area contributed by atoms with Crippen LogP contribution in [0.5, 0.6) is 5.75 Å². The molecule has 1 aliphatic heterocycles. The molecule has 3 N–H and O–H groups in total. The molecule has 0 bridgehead atoms. The first-order chi connectivity index (χ1) is 16.7. The minimum absolute atomic E-state index is 0.325. The Kier molecular flexibility index (Phi) is 8.46. The molecule has 0 saturated carbocycles. The van der Waals surface area contributed by atoms with E-state index in [1.165, 1.54) is 6.42 Å². The second-order valence-electron chi connectivity index (χ2n) is 8.75. The lowest BCUT2D eigenvalue weighted by molar-refractivity contribution is -0.135. The summed E-state index contributed by atoms with van der Waals surface area (Å²) < 4.78 is 5.66. The van der Waals surface area contributed by atoms with Crippen molar-refractivity contribution in [1.82, 2.24) is 21.1 Å². The Morgan fingerprint density at radius 2 is 1.66 bits per heavy atom. The minimum Gasteiger partial charge on any atom is -0.494 e. The van der Waals surface area contributed by atoms with Crippen molar-refractivity contribution in [3.05, 3.63) is 65.2 Å². The third kappa shape index (κ3) is 6.38. The van der Waals surface area contributed by atoms with Gasteiger partial charge < -0.3 is 10.1 Å². The fraction of sp³-hybridized carbons (Fsp3) is 0.385. The predicted molar refractivity (Wildman–Crippen MR) is 130 cm³/mol. The van der Waals surface area contributed by atoms with Gasteiger partial charge in [0.15, 0.2) is 0 Å². The van der Waals surface area contributed by atoms with E-state index in [9.17, 15) is 19.2 Å². The quantitative estimate of drug-likeness (QED) is 0.274. The third-order valence-electron chi connectivity index (χ3n) is 5.90. The number of carbonyl (C=O) groups is 4. The van der Waals surface area contributed by atoms with Gasteiger partial charge in [0.2, 0.25) is 0 Å². The van der Waals surface area contributed by atoms with Gasteiger partial charge in [0.05, 0.1) is 6.61 Å². The molecular formula is C26H32N4O5. The number of hydrazine groups is 1. The van der Waals surface area contributed by atoms with Crippen molar-refractivity contribution in [2.75, 3.05) is 13.2 Å². The number of nitrogens with zero attached hydrogens (tertiary/aromatic N) is 1. The molecule has 1 fully saturated rings. The smallest absolute Gasteiger partial charge is 0.325 e. The summed E-state index contributed by atoms with van der Waals surface area (Å²) in [5, 5.41) is 2.65. The Morgan fingerprint density at radius 1 is 0.971 bits per heavy atom. The van der Waals surface area contributed by atoms with E-state index in [2.05, 4.69) is 23.1 Å². The van der Waals surface area contributed by atoms with Crippen LogP contribution in [0.25, 0.3) is 0 Å². The van der Waals surface area contributed by atoms with E-state index in [1.54, 1.807) is 43.3 Å². The summed E-state index contributed by atoms with van der Waals surface area (Å²) in [7, 11) is 0. The molecule has 2 aromatic rings. The van der Waals surface area contributed by atoms with Crippen LogP contribution in [-0.4, -0.2) is 41.8 Å². The fourth-order valence-electron chi connectivity index (χ4n) is 3.73. The number of imide groups is 1. The SMILES string of the molecule is CCCCCCOc1ccc(C(=O)NNC(=O)CN2C(=O)NC(C)(c3ccc(C)cc3)C2=O)cc1. The van der Waals surface area contributed by atoms with Gasteiger partial charge in [-0.25, -0.2) is 4.79 Å². The molecule has 9 nitrogen and oxygen atoms in total. The lowest BCUT2D eigenvalue weighted by Crippen LogP contribution is -2.48. The van der Waals surface area contributed by atoms with Gasteiger partial charge in [0.25, 0.3) is 17.7 Å². The number of carbonyl (C=O) groups excluding carboxylic acids is 4. The van der Waals surface area contributed by atoms with Crippen LogP contribution in [0.4, 0.5) is 4.79 Å². The number of rotatable bonds is 10. The molecule has 0 spiro atoms. The van der Waals surface area contributed by atoms with Crippen LogP contribution in [0.15, 0.2) is 48.5 Å². The van der Waals surface area contributed by atoms with E-state index in [0.717, 1.165) is 29.7 Å². The predicted octanol–water partition coefficient (Wildman–Crippen LogP) is 3.18. The van der Waals surface area contributed by atoms with E-state index in [1.807, 2.05) is 19.1 Å². The van der Waals surface area contributed by atoms with Crippen LogP contribution in [0.1, 0.15) is 61.0 Å². The number of unbranched alkanes of at least 4 members (excludes halogenated alkanes) is 3. The van der Waals surface area contributed by atoms with E-state index >= 15 is 0 Å². The average Bonchev–Trinajstić information content (AvgIpc) is 3.07. The average molecular weight is 481 g/mol. The van der Waals surface area contributed by atoms with Crippen LogP contribution in [0.2, 0.25) is 0 Å². The highest BCUT2D eigenvalue weighted by atomic mass is 16.5. The molecule has 3 rings (SSSR count). The molecule has 0 radical (unpaired) electrons. The Morgan fingerprint density at radius 3 is 2.31 bits per heavy atom. The number of nitrogens with one attached hydrogen (secondary N) is 3. The van der Waals surface area contributed by atoms with E-state index < -0.39 is 35.8 Å². The standard InChI is InChI=1S/C26H32N4O5/c1-4-5-6-7-16-35-21-14-10-19(11-15-21)23(32)29-28-22(31)17-30-24(33)26(3,27-25(30)34)20-12-8-18(2)9-13-20/h8-15H,4-7,16-17H2,1-3H3,(H,27,34)(H,28,31)(H,29,32). The summed E-state index contributed by atoms with van der Waals surface area (Å²) >= 11 is 0. The zero-order valence-electron chi connectivity index (χ0n) is 20.3. The first-order valence-corrected chi connectivity index (χ1v) is 11.8. The van der Waals surface area contributed by atoms with Crippen LogP contribution in [0, 0.1) is 6.92 Å². The topological polar surface area (TPSA) is 117 Å². The molecule has 0 aromatic heterocycles.